The molecule has 0 aromatic heterocycles. The molecule has 9 aromatic carbocycles. The van der Waals surface area contributed by atoms with Gasteiger partial charge in [-0.2, -0.15) is 0 Å². The van der Waals surface area contributed by atoms with Gasteiger partial charge in [-0.05, 0) is 124 Å². The van der Waals surface area contributed by atoms with E-state index < -0.39 is 48.6 Å². The third-order valence-corrected chi connectivity index (χ3v) is 20.8. The average Bonchev–Trinajstić information content (AvgIpc) is 1.64. The highest BCUT2D eigenvalue weighted by atomic mass is 35.5. The van der Waals surface area contributed by atoms with Crippen LogP contribution in [-0.2, 0) is 68.8 Å². The van der Waals surface area contributed by atoms with Gasteiger partial charge in [0.2, 0.25) is 41.4 Å². The summed E-state index contributed by atoms with van der Waals surface area (Å²) in [7, 11) is 13.3. The number of halogens is 1. The lowest BCUT2D eigenvalue weighted by Gasteiger charge is -2.30. The fraction of sp³-hybridized carbons (Fsp3) is 0.300. The van der Waals surface area contributed by atoms with E-state index in [1.807, 2.05) is 225 Å². The molecule has 0 aliphatic carbocycles. The number of carboxylic acid groups (broad SMARTS) is 1. The first-order valence-corrected chi connectivity index (χ1v) is 38.0. The molecule has 4 aliphatic heterocycles. The van der Waals surface area contributed by atoms with E-state index in [1.54, 1.807) is 115 Å². The molecule has 4 aliphatic rings. The summed E-state index contributed by atoms with van der Waals surface area (Å²) in [5, 5.41) is 9.60. The number of methoxy groups -OCH3 is 4. The minimum atomic E-state index is -1.04. The highest BCUT2D eigenvalue weighted by Crippen LogP contribution is 2.41. The van der Waals surface area contributed by atoms with Crippen molar-refractivity contribution in [2.75, 3.05) is 63.2 Å². The van der Waals surface area contributed by atoms with E-state index in [4.69, 9.17) is 40.4 Å². The number of nitrogens with zero attached hydrogens (tertiary/aromatic N) is 8. The zero-order valence-electron chi connectivity index (χ0n) is 65.7. The molecule has 0 bridgehead atoms. The topological polar surface area (TPSA) is 246 Å². The number of likely N-dealkylation sites (N-methyl/N-ethyl adjacent to an activating group) is 4. The molecule has 8 atom stereocenters. The van der Waals surface area contributed by atoms with E-state index >= 15 is 0 Å². The number of amides is 8. The molecule has 9 aromatic rings. The number of hydrogen-bond donors (Lipinski definition) is 1. The third kappa shape index (κ3) is 20.2. The average molecular weight is 1570 g/mol. The van der Waals surface area contributed by atoms with Crippen LogP contribution in [0.1, 0.15) is 109 Å². The fourth-order valence-corrected chi connectivity index (χ4v) is 14.9. The lowest BCUT2D eigenvalue weighted by Crippen LogP contribution is -2.43. The van der Waals surface area contributed by atoms with E-state index in [1.165, 1.54) is 11.8 Å². The molecule has 23 nitrogen and oxygen atoms in total. The van der Waals surface area contributed by atoms with Gasteiger partial charge >= 0.3 is 5.97 Å². The molecule has 8 amide bonds. The zero-order chi connectivity index (χ0) is 81.7. The smallest absolute Gasteiger partial charge is 0.303 e. The minimum Gasteiger partial charge on any atom is -0.497 e. The van der Waals surface area contributed by atoms with Crippen LogP contribution < -0.4 is 23.7 Å². The predicted molar refractivity (Wildman–Crippen MR) is 432 cm³/mol. The predicted octanol–water partition coefficient (Wildman–Crippen LogP) is 12.8. The van der Waals surface area contributed by atoms with Crippen LogP contribution in [-0.4, -0.2) is 185 Å². The highest BCUT2D eigenvalue weighted by Gasteiger charge is 2.51. The maximum absolute atomic E-state index is 13.4. The van der Waals surface area contributed by atoms with Gasteiger partial charge in [0, 0.05) is 78.7 Å². The first kappa shape index (κ1) is 84.0. The van der Waals surface area contributed by atoms with Crippen LogP contribution in [0, 0.1) is 0 Å². The molecular weight excluding hydrogens is 1470 g/mol. The van der Waals surface area contributed by atoms with Gasteiger partial charge in [-0.1, -0.05) is 188 Å². The Morgan fingerprint density at radius 3 is 0.904 bits per heavy atom. The van der Waals surface area contributed by atoms with Crippen LogP contribution in [0.4, 0.5) is 0 Å². The molecule has 0 radical (unpaired) electrons. The maximum Gasteiger partial charge on any atom is 0.303 e. The molecule has 1 N–H and O–H groups in total. The number of aliphatic carboxylic acids is 1. The van der Waals surface area contributed by atoms with Crippen molar-refractivity contribution in [1.82, 2.24) is 39.2 Å². The van der Waals surface area contributed by atoms with Gasteiger partial charge in [0.25, 0.3) is 5.91 Å². The van der Waals surface area contributed by atoms with Crippen LogP contribution >= 0.6 is 11.6 Å². The van der Waals surface area contributed by atoms with Crippen LogP contribution in [0.3, 0.4) is 0 Å². The van der Waals surface area contributed by atoms with E-state index in [0.717, 1.165) is 68.2 Å². The lowest BCUT2D eigenvalue weighted by atomic mass is 10.0. The fourth-order valence-electron chi connectivity index (χ4n) is 14.8. The van der Waals surface area contributed by atoms with Crippen molar-refractivity contribution in [3.05, 3.63) is 292 Å². The summed E-state index contributed by atoms with van der Waals surface area (Å²) < 4.78 is 26.5. The standard InChI is InChI=1S/C26H26N2O4.C22H24N2O5.C22H26N2O3.C20H21ClN2O3/c1-27-25(20-9-5-3-6-10-20)28(24(29)18-32-22-11-7-4-8-12-22)23(26(27)30)17-19-13-15-21(31-2)16-14-19;1-23-21(16-6-4-3-5-7-16)24(19(25)12-13-20(26)27)18(22(23)28)14-15-8-10-17(29-2)11-9-15;1-4-8-20(25)24-19(15-16-11-13-18(27-3)14-12-16)22(26)23(2)21(24)17-9-6-5-7-10-17;1-13(24)23-18(12-14-4-10-17(26-3)11-5-14)20(25)22(2)19(23)15-6-8-16(21)9-7-15/h3-16,23,25H,17-18H2,1-2H3;3-11,18,21H,12-14H2,1-2H3,(H,26,27);5-7,9-14,19,21H,4,8,15H2,1-3H3;4-11,18-19H,12H2,1-3H3. The quantitative estimate of drug-likeness (QED) is 0.0591. The van der Waals surface area contributed by atoms with Crippen molar-refractivity contribution in [3.63, 3.8) is 0 Å². The molecule has 0 spiro atoms. The monoisotopic (exact) mass is 1560 g/mol. The molecule has 114 heavy (non-hydrogen) atoms. The zero-order valence-corrected chi connectivity index (χ0v) is 66.5. The van der Waals surface area contributed by atoms with Gasteiger partial charge in [-0.15, -0.1) is 0 Å². The Hall–Kier alpha value is -12.5. The summed E-state index contributed by atoms with van der Waals surface area (Å²) in [6, 6.07) is 72.8. The molecule has 24 heteroatoms. The lowest BCUT2D eigenvalue weighted by molar-refractivity contribution is -0.142. The normalized spacial score (nSPS) is 18.9. The Bertz CT molecular complexity index is 4730. The Labute approximate surface area is 670 Å². The van der Waals surface area contributed by atoms with Gasteiger partial charge in [0.15, 0.2) is 6.61 Å². The first-order chi connectivity index (χ1) is 55.0. The second kappa shape index (κ2) is 39.6. The molecule has 4 heterocycles. The molecule has 594 valence electrons. The number of para-hydroxylation sites is 1. The Balaban J connectivity index is 0.000000161. The van der Waals surface area contributed by atoms with Crippen LogP contribution in [0.15, 0.2) is 243 Å². The molecule has 0 saturated carbocycles. The minimum absolute atomic E-state index is 0.0163. The van der Waals surface area contributed by atoms with Gasteiger partial charge in [0.1, 0.15) is 77.6 Å². The highest BCUT2D eigenvalue weighted by molar-refractivity contribution is 6.30. The number of ether oxygens (including phenoxy) is 5. The van der Waals surface area contributed by atoms with Gasteiger partial charge in [-0.25, -0.2) is 0 Å². The molecule has 13 rings (SSSR count). The number of benzene rings is 9. The largest absolute Gasteiger partial charge is 0.497 e. The van der Waals surface area contributed by atoms with Gasteiger partial charge in [0.05, 0.1) is 34.9 Å². The Kier molecular flexibility index (Phi) is 29.2. The number of carbonyl (C=O) groups is 9. The van der Waals surface area contributed by atoms with Gasteiger partial charge in [-0.3, -0.25) is 43.2 Å². The van der Waals surface area contributed by atoms with E-state index in [9.17, 15) is 43.2 Å². The molecule has 8 unspecified atom stereocenters. The SMILES string of the molecule is CCCC(=O)N1C(Cc2ccc(OC)cc2)C(=O)N(C)C1c1ccccc1.COc1ccc(CC2C(=O)N(C)C(c3ccc(Cl)cc3)N2C(C)=O)cc1.COc1ccc(CC2C(=O)N(C)C(c3ccccc3)N2C(=O)CCC(=O)O)cc1.COc1ccc(CC2C(=O)N(C)C(c3ccccc3)N2C(=O)COc2ccccc2)cc1. The van der Waals surface area contributed by atoms with Gasteiger partial charge < -0.3 is 68.0 Å². The summed E-state index contributed by atoms with van der Waals surface area (Å²) in [4.78, 5) is 128. The Morgan fingerprint density at radius 1 is 0.342 bits per heavy atom. The van der Waals surface area contributed by atoms with Crippen molar-refractivity contribution < 1.29 is 71.9 Å². The van der Waals surface area contributed by atoms with E-state index in [0.29, 0.717) is 48.6 Å². The second-order valence-electron chi connectivity index (χ2n) is 27.9. The maximum atomic E-state index is 13.4. The second-order valence-corrected chi connectivity index (χ2v) is 28.4. The summed E-state index contributed by atoms with van der Waals surface area (Å²) in [6.45, 7) is 3.33. The van der Waals surface area contributed by atoms with Crippen molar-refractivity contribution in [3.8, 4) is 28.7 Å². The number of carboxylic acids is 1. The van der Waals surface area contributed by atoms with E-state index in [-0.39, 0.29) is 72.9 Å². The van der Waals surface area contributed by atoms with Crippen LogP contribution in [0.5, 0.6) is 28.7 Å². The molecule has 4 saturated heterocycles. The summed E-state index contributed by atoms with van der Waals surface area (Å²) in [5.41, 5.74) is 7.33. The van der Waals surface area contributed by atoms with Crippen molar-refractivity contribution in [2.24, 2.45) is 0 Å². The molecule has 4 fully saturated rings. The van der Waals surface area contributed by atoms with Crippen molar-refractivity contribution in [2.45, 2.75) is 114 Å². The number of carbonyl (C=O) groups excluding carboxylic acids is 8. The summed E-state index contributed by atoms with van der Waals surface area (Å²) in [6.07, 6.45) is 0.621. The number of rotatable bonds is 24. The van der Waals surface area contributed by atoms with E-state index in [2.05, 4.69) is 0 Å². The number of hydrogen-bond acceptors (Lipinski definition) is 14. The molecular formula is C90H97ClN8O15. The van der Waals surface area contributed by atoms with Crippen molar-refractivity contribution in [1.29, 1.82) is 0 Å². The summed E-state index contributed by atoms with van der Waals surface area (Å²) in [5.74, 6) is 1.49. The first-order valence-electron chi connectivity index (χ1n) is 37.6. The van der Waals surface area contributed by atoms with Crippen molar-refractivity contribution >= 4 is 64.8 Å². The Morgan fingerprint density at radius 2 is 0.614 bits per heavy atom. The van der Waals surface area contributed by atoms with Crippen LogP contribution in [0.2, 0.25) is 5.02 Å². The van der Waals surface area contributed by atoms with Crippen LogP contribution in [0.25, 0.3) is 0 Å². The third-order valence-electron chi connectivity index (χ3n) is 20.6. The summed E-state index contributed by atoms with van der Waals surface area (Å²) >= 11 is 5.97.